The molecule has 1 aromatic rings. The van der Waals surface area contributed by atoms with E-state index >= 15 is 0 Å². The Bertz CT molecular complexity index is 1730. The number of amides is 1. The van der Waals surface area contributed by atoms with E-state index in [0.717, 1.165) is 24.0 Å². The molecule has 0 aromatic heterocycles. The van der Waals surface area contributed by atoms with Crippen LogP contribution < -0.4 is 5.32 Å². The summed E-state index contributed by atoms with van der Waals surface area (Å²) < 4.78 is 32.2. The van der Waals surface area contributed by atoms with Gasteiger partial charge in [0.2, 0.25) is 5.91 Å². The van der Waals surface area contributed by atoms with Gasteiger partial charge in [-0.3, -0.25) is 14.4 Å². The standard InChI is InChI=1S/C45H61NO10/c1-8-27(3)40-30(6)20-21-44(56-40)24-35-23-34(55-44)17-14-29(5)39(49)28(4)10-9-11-32-25-52-42-41(31(7)22-36(43(50)53-35)45(32,42)51)54-38(48)19-18-37(47)46-33-15-12-26(2)13-16-33/h9-16,22,27-28,30,34-36,39-42,49,51H,8,17-21,23-25H2,1-7H3,(H,46,47)/b10-9+,29-14+,32-11+/t27-,28-,30-,34+,35-,36-,39-,40+,41+,42+,44+,45+/m0/s1. The van der Waals surface area contributed by atoms with Crippen molar-refractivity contribution in [1.29, 1.82) is 0 Å². The highest BCUT2D eigenvalue weighted by Gasteiger charge is 2.61. The summed E-state index contributed by atoms with van der Waals surface area (Å²) in [6.45, 7) is 14.1. The van der Waals surface area contributed by atoms with Crippen molar-refractivity contribution in [2.45, 2.75) is 148 Å². The lowest BCUT2D eigenvalue weighted by Crippen LogP contribution is -2.59. The third-order valence-electron chi connectivity index (χ3n) is 12.6. The summed E-state index contributed by atoms with van der Waals surface area (Å²) in [6.07, 6.45) is 8.69. The van der Waals surface area contributed by atoms with Crippen LogP contribution in [0.15, 0.2) is 71.4 Å². The summed E-state index contributed by atoms with van der Waals surface area (Å²) in [6, 6.07) is 7.36. The van der Waals surface area contributed by atoms with Crippen molar-refractivity contribution in [1.82, 2.24) is 0 Å². The van der Waals surface area contributed by atoms with Gasteiger partial charge in [-0.05, 0) is 74.3 Å². The molecule has 4 aliphatic heterocycles. The first-order chi connectivity index (χ1) is 26.6. The molecule has 0 saturated carbocycles. The van der Waals surface area contributed by atoms with Crippen molar-refractivity contribution in [2.24, 2.45) is 23.7 Å². The first-order valence-electron chi connectivity index (χ1n) is 20.5. The lowest BCUT2D eigenvalue weighted by molar-refractivity contribution is -0.340. The van der Waals surface area contributed by atoms with Crippen LogP contribution in [0.1, 0.15) is 98.5 Å². The molecule has 5 aliphatic rings. The Morgan fingerprint density at radius 2 is 1.80 bits per heavy atom. The van der Waals surface area contributed by atoms with Gasteiger partial charge in [0.05, 0.1) is 31.3 Å². The highest BCUT2D eigenvalue weighted by Crippen LogP contribution is 2.48. The summed E-state index contributed by atoms with van der Waals surface area (Å²) in [5.74, 6) is -3.28. The first kappa shape index (κ1) is 42.0. The quantitative estimate of drug-likeness (QED) is 0.199. The number of hydrogen-bond donors (Lipinski definition) is 3. The fraction of sp³-hybridized carbons (Fsp3) is 0.622. The number of anilines is 1. The van der Waals surface area contributed by atoms with Gasteiger partial charge in [-0.1, -0.05) is 82.2 Å². The number of aryl methyl sites for hydroxylation is 1. The number of esters is 2. The largest absolute Gasteiger partial charge is 0.462 e. The number of benzene rings is 1. The van der Waals surface area contributed by atoms with Gasteiger partial charge in [0.1, 0.15) is 23.7 Å². The molecule has 11 nitrogen and oxygen atoms in total. The van der Waals surface area contributed by atoms with Crippen molar-refractivity contribution in [3.8, 4) is 0 Å². The van der Waals surface area contributed by atoms with Crippen LogP contribution in [0.4, 0.5) is 5.69 Å². The van der Waals surface area contributed by atoms with Crippen molar-refractivity contribution >= 4 is 23.5 Å². The van der Waals surface area contributed by atoms with Crippen LogP contribution in [0.2, 0.25) is 0 Å². The summed E-state index contributed by atoms with van der Waals surface area (Å²) in [4.78, 5) is 40.3. The molecule has 6 rings (SSSR count). The molecule has 1 amide bonds. The van der Waals surface area contributed by atoms with Crippen LogP contribution in [0.25, 0.3) is 0 Å². The minimum Gasteiger partial charge on any atom is -0.462 e. The molecule has 1 spiro atoms. The van der Waals surface area contributed by atoms with Crippen LogP contribution in [-0.4, -0.2) is 82.7 Å². The number of ether oxygens (including phenoxy) is 5. The maximum Gasteiger partial charge on any atom is 0.316 e. The maximum atomic E-state index is 14.5. The van der Waals surface area contributed by atoms with E-state index in [0.29, 0.717) is 54.4 Å². The fourth-order valence-corrected chi connectivity index (χ4v) is 8.97. The van der Waals surface area contributed by atoms with Gasteiger partial charge in [-0.2, -0.15) is 0 Å². The minimum atomic E-state index is -1.91. The second-order valence-corrected chi connectivity index (χ2v) is 17.0. The average molecular weight is 776 g/mol. The lowest BCUT2D eigenvalue weighted by atomic mass is 9.70. The molecule has 56 heavy (non-hydrogen) atoms. The second kappa shape index (κ2) is 17.5. The van der Waals surface area contributed by atoms with Gasteiger partial charge in [-0.15, -0.1) is 0 Å². The SMILES string of the molecule is CC[C@H](C)[C@H]1O[C@]2(CC[C@@H]1C)C[C@@H]1C[C@@H](C/C=C(\C)[C@@H](O)[C@@H](C)/C=C/C=C3\CO[C@@H]4[C@H](OC(=O)CCC(=O)Nc5ccc(C)cc5)C(C)=C[C@@H](C(=O)O1)[C@]34O)O2. The number of aliphatic hydroxyl groups is 2. The topological polar surface area (TPSA) is 150 Å². The van der Waals surface area contributed by atoms with Crippen LogP contribution in [-0.2, 0) is 38.1 Å². The number of carbonyl (C=O) groups excluding carboxylic acids is 3. The molecule has 3 saturated heterocycles. The van der Waals surface area contributed by atoms with E-state index in [1.165, 1.54) is 0 Å². The number of carbonyl (C=O) groups is 3. The van der Waals surface area contributed by atoms with Crippen molar-refractivity contribution < 1.29 is 48.3 Å². The van der Waals surface area contributed by atoms with Gasteiger partial charge < -0.3 is 39.2 Å². The number of nitrogens with one attached hydrogen (secondary N) is 1. The van der Waals surface area contributed by atoms with E-state index in [1.54, 1.807) is 37.3 Å². The van der Waals surface area contributed by atoms with Crippen molar-refractivity contribution in [3.63, 3.8) is 0 Å². The molecule has 3 N–H and O–H groups in total. The number of rotatable bonds is 7. The van der Waals surface area contributed by atoms with Gasteiger partial charge in [-0.25, -0.2) is 0 Å². The summed E-state index contributed by atoms with van der Waals surface area (Å²) in [7, 11) is 0. The summed E-state index contributed by atoms with van der Waals surface area (Å²) in [5.41, 5.74) is 1.54. The molecule has 4 heterocycles. The Hall–Kier alpha value is -3.61. The third kappa shape index (κ3) is 9.07. The average Bonchev–Trinajstić information content (AvgIpc) is 3.51. The van der Waals surface area contributed by atoms with Crippen LogP contribution in [0.5, 0.6) is 0 Å². The Kier molecular flexibility index (Phi) is 13.1. The Morgan fingerprint density at radius 1 is 1.05 bits per heavy atom. The number of aliphatic hydroxyl groups excluding tert-OH is 1. The van der Waals surface area contributed by atoms with Crippen LogP contribution in [0.3, 0.4) is 0 Å². The monoisotopic (exact) mass is 775 g/mol. The van der Waals surface area contributed by atoms with E-state index in [4.69, 9.17) is 23.7 Å². The zero-order valence-corrected chi connectivity index (χ0v) is 34.0. The Balaban J connectivity index is 1.27. The summed E-state index contributed by atoms with van der Waals surface area (Å²) in [5, 5.41) is 26.8. The molecule has 3 fully saturated rings. The van der Waals surface area contributed by atoms with Crippen LogP contribution >= 0.6 is 0 Å². The number of fused-ring (bicyclic) bond motifs is 2. The number of allylic oxidation sites excluding steroid dienone is 2. The highest BCUT2D eigenvalue weighted by atomic mass is 16.7. The van der Waals surface area contributed by atoms with Gasteiger partial charge in [0, 0.05) is 37.3 Å². The van der Waals surface area contributed by atoms with E-state index < -0.39 is 53.7 Å². The normalized spacial score (nSPS) is 39.1. The Morgan fingerprint density at radius 3 is 2.54 bits per heavy atom. The maximum absolute atomic E-state index is 14.5. The van der Waals surface area contributed by atoms with E-state index in [-0.39, 0.29) is 43.5 Å². The molecule has 11 heteroatoms. The Labute approximate surface area is 331 Å². The second-order valence-electron chi connectivity index (χ2n) is 17.0. The van der Waals surface area contributed by atoms with E-state index in [1.807, 2.05) is 45.1 Å². The predicted molar refractivity (Wildman–Crippen MR) is 211 cm³/mol. The smallest absolute Gasteiger partial charge is 0.316 e. The zero-order chi connectivity index (χ0) is 40.4. The molecule has 1 aromatic carbocycles. The molecule has 0 radical (unpaired) electrons. The van der Waals surface area contributed by atoms with Gasteiger partial charge in [0.25, 0.3) is 0 Å². The molecule has 2 bridgehead atoms. The van der Waals surface area contributed by atoms with Crippen molar-refractivity contribution in [3.05, 3.63) is 76.9 Å². The fourth-order valence-electron chi connectivity index (χ4n) is 8.97. The highest BCUT2D eigenvalue weighted by molar-refractivity contribution is 5.92. The van der Waals surface area contributed by atoms with Crippen LogP contribution in [0, 0.1) is 30.6 Å². The van der Waals surface area contributed by atoms with E-state index in [2.05, 4.69) is 26.1 Å². The van der Waals surface area contributed by atoms with Crippen molar-refractivity contribution in [2.75, 3.05) is 11.9 Å². The minimum absolute atomic E-state index is 0.00982. The van der Waals surface area contributed by atoms with E-state index in [9.17, 15) is 24.6 Å². The molecule has 12 atom stereocenters. The molecular weight excluding hydrogens is 714 g/mol. The molecular formula is C45H61NO10. The summed E-state index contributed by atoms with van der Waals surface area (Å²) >= 11 is 0. The predicted octanol–water partition coefficient (Wildman–Crippen LogP) is 6.81. The van der Waals surface area contributed by atoms with Gasteiger partial charge in [0.15, 0.2) is 11.9 Å². The molecule has 306 valence electrons. The first-order valence-corrected chi connectivity index (χ1v) is 20.5. The third-order valence-corrected chi connectivity index (χ3v) is 12.6. The zero-order valence-electron chi connectivity index (χ0n) is 34.0. The molecule has 0 unspecified atom stereocenters. The van der Waals surface area contributed by atoms with Gasteiger partial charge >= 0.3 is 11.9 Å². The molecule has 1 aliphatic carbocycles. The lowest BCUT2D eigenvalue weighted by Gasteiger charge is -2.51. The number of hydrogen-bond acceptors (Lipinski definition) is 10.